The zero-order chi connectivity index (χ0) is 15.9. The van der Waals surface area contributed by atoms with Crippen LogP contribution >= 0.6 is 15.9 Å². The number of benzene rings is 1. The van der Waals surface area contributed by atoms with E-state index in [2.05, 4.69) is 21.2 Å². The van der Waals surface area contributed by atoms with Gasteiger partial charge in [-0.15, -0.1) is 0 Å². The molecule has 1 atom stereocenters. The molecular formula is C15H23BrFNO2S. The average Bonchev–Trinajstić information content (AvgIpc) is 2.46. The molecule has 0 amide bonds. The second kappa shape index (κ2) is 8.86. The Bertz CT molecular complexity index is 549. The molecule has 0 aliphatic heterocycles. The van der Waals surface area contributed by atoms with E-state index in [0.717, 1.165) is 13.0 Å². The second-order valence-electron chi connectivity index (χ2n) is 5.03. The van der Waals surface area contributed by atoms with Crippen molar-refractivity contribution >= 4 is 25.8 Å². The van der Waals surface area contributed by atoms with Crippen LogP contribution in [0.25, 0.3) is 0 Å². The minimum Gasteiger partial charge on any atom is -0.310 e. The molecule has 6 heteroatoms. The highest BCUT2D eigenvalue weighted by Gasteiger charge is 2.18. The molecule has 1 aromatic rings. The van der Waals surface area contributed by atoms with Crippen molar-refractivity contribution in [2.75, 3.05) is 18.1 Å². The van der Waals surface area contributed by atoms with Gasteiger partial charge in [0, 0.05) is 17.4 Å². The third-order valence-corrected chi connectivity index (χ3v) is 5.79. The summed E-state index contributed by atoms with van der Waals surface area (Å²) in [5, 5.41) is 3.30. The predicted molar refractivity (Wildman–Crippen MR) is 88.7 cm³/mol. The van der Waals surface area contributed by atoms with Crippen LogP contribution in [0.2, 0.25) is 0 Å². The SMILES string of the molecule is CCCNC(CCCS(=O)(=O)CC)c1cccc(Br)c1F. The normalized spacial score (nSPS) is 13.3. The van der Waals surface area contributed by atoms with Gasteiger partial charge in [-0.1, -0.05) is 26.0 Å². The van der Waals surface area contributed by atoms with Gasteiger partial charge in [0.05, 0.1) is 10.2 Å². The maximum Gasteiger partial charge on any atom is 0.150 e. The molecule has 0 radical (unpaired) electrons. The Labute approximate surface area is 135 Å². The van der Waals surface area contributed by atoms with Crippen molar-refractivity contribution in [3.05, 3.63) is 34.1 Å². The van der Waals surface area contributed by atoms with E-state index in [1.807, 2.05) is 6.92 Å². The molecule has 0 heterocycles. The lowest BCUT2D eigenvalue weighted by Gasteiger charge is -2.20. The van der Waals surface area contributed by atoms with Crippen LogP contribution in [0.15, 0.2) is 22.7 Å². The standard InChI is InChI=1S/C15H23BrFNO2S/c1-3-10-18-14(9-6-11-21(19,20)4-2)12-7-5-8-13(16)15(12)17/h5,7-8,14,18H,3-4,6,9-11H2,1-2H3. The third kappa shape index (κ3) is 6.04. The predicted octanol–water partition coefficient (Wildman–Crippen LogP) is 3.84. The lowest BCUT2D eigenvalue weighted by molar-refractivity contribution is 0.467. The molecule has 3 nitrogen and oxygen atoms in total. The number of hydrogen-bond acceptors (Lipinski definition) is 3. The van der Waals surface area contributed by atoms with Crippen LogP contribution < -0.4 is 5.32 Å². The van der Waals surface area contributed by atoms with Crippen LogP contribution in [-0.4, -0.2) is 26.5 Å². The number of halogens is 2. The average molecular weight is 380 g/mol. The van der Waals surface area contributed by atoms with E-state index in [0.29, 0.717) is 22.9 Å². The van der Waals surface area contributed by atoms with E-state index >= 15 is 0 Å². The fourth-order valence-corrected chi connectivity index (χ4v) is 3.40. The van der Waals surface area contributed by atoms with Gasteiger partial charge in [-0.25, -0.2) is 12.8 Å². The number of sulfone groups is 1. The number of nitrogens with one attached hydrogen (secondary N) is 1. The Balaban J connectivity index is 2.78. The van der Waals surface area contributed by atoms with Crippen LogP contribution in [0, 0.1) is 5.82 Å². The Hall–Kier alpha value is -0.460. The van der Waals surface area contributed by atoms with Gasteiger partial charge in [0.15, 0.2) is 0 Å². The lowest BCUT2D eigenvalue weighted by atomic mass is 10.0. The monoisotopic (exact) mass is 379 g/mol. The molecular weight excluding hydrogens is 357 g/mol. The molecule has 0 fully saturated rings. The van der Waals surface area contributed by atoms with Crippen molar-refractivity contribution in [3.8, 4) is 0 Å². The summed E-state index contributed by atoms with van der Waals surface area (Å²) < 4.78 is 37.7. The molecule has 0 saturated carbocycles. The lowest BCUT2D eigenvalue weighted by Crippen LogP contribution is -2.24. The summed E-state index contributed by atoms with van der Waals surface area (Å²) in [7, 11) is -2.97. The van der Waals surface area contributed by atoms with Crippen LogP contribution in [0.1, 0.15) is 44.7 Å². The van der Waals surface area contributed by atoms with Crippen LogP contribution in [-0.2, 0) is 9.84 Å². The zero-order valence-corrected chi connectivity index (χ0v) is 14.9. The number of rotatable bonds is 9. The van der Waals surface area contributed by atoms with Crippen LogP contribution in [0.5, 0.6) is 0 Å². The fraction of sp³-hybridized carbons (Fsp3) is 0.600. The molecule has 1 aromatic carbocycles. The summed E-state index contributed by atoms with van der Waals surface area (Å²) in [5.41, 5.74) is 0.590. The van der Waals surface area contributed by atoms with Crippen molar-refractivity contribution in [2.45, 2.75) is 39.2 Å². The molecule has 0 aliphatic carbocycles. The van der Waals surface area contributed by atoms with Gasteiger partial charge >= 0.3 is 0 Å². The largest absolute Gasteiger partial charge is 0.310 e. The maximum atomic E-state index is 14.2. The topological polar surface area (TPSA) is 46.2 Å². The van der Waals surface area contributed by atoms with E-state index in [1.54, 1.807) is 25.1 Å². The summed E-state index contributed by atoms with van der Waals surface area (Å²) >= 11 is 3.20. The molecule has 0 aliphatic rings. The summed E-state index contributed by atoms with van der Waals surface area (Å²) in [6, 6.07) is 5.06. The van der Waals surface area contributed by atoms with Gasteiger partial charge < -0.3 is 5.32 Å². The Morgan fingerprint density at radius 2 is 2.05 bits per heavy atom. The Kier molecular flexibility index (Phi) is 7.84. The Morgan fingerprint density at radius 3 is 2.67 bits per heavy atom. The third-order valence-electron chi connectivity index (χ3n) is 3.39. The van der Waals surface area contributed by atoms with Crippen molar-refractivity contribution in [1.29, 1.82) is 0 Å². The van der Waals surface area contributed by atoms with E-state index < -0.39 is 9.84 Å². The van der Waals surface area contributed by atoms with Gasteiger partial charge in [0.1, 0.15) is 15.7 Å². The molecule has 120 valence electrons. The van der Waals surface area contributed by atoms with Gasteiger partial charge in [0.25, 0.3) is 0 Å². The molecule has 0 bridgehead atoms. The molecule has 1 unspecified atom stereocenters. The minimum atomic E-state index is -2.97. The molecule has 0 saturated heterocycles. The van der Waals surface area contributed by atoms with E-state index in [-0.39, 0.29) is 23.4 Å². The van der Waals surface area contributed by atoms with Crippen LogP contribution in [0.3, 0.4) is 0 Å². The molecule has 1 rings (SSSR count). The highest BCUT2D eigenvalue weighted by atomic mass is 79.9. The highest BCUT2D eigenvalue weighted by molar-refractivity contribution is 9.10. The summed E-state index contributed by atoms with van der Waals surface area (Å²) in [6.45, 7) is 4.47. The summed E-state index contributed by atoms with van der Waals surface area (Å²) in [4.78, 5) is 0. The first kappa shape index (κ1) is 18.6. The quantitative estimate of drug-likeness (QED) is 0.708. The molecule has 0 spiro atoms. The fourth-order valence-electron chi connectivity index (χ4n) is 2.13. The van der Waals surface area contributed by atoms with E-state index in [4.69, 9.17) is 0 Å². The molecule has 1 N–H and O–H groups in total. The van der Waals surface area contributed by atoms with Gasteiger partial charge in [-0.3, -0.25) is 0 Å². The minimum absolute atomic E-state index is 0.156. The van der Waals surface area contributed by atoms with Gasteiger partial charge in [-0.2, -0.15) is 0 Å². The van der Waals surface area contributed by atoms with Gasteiger partial charge in [0.2, 0.25) is 0 Å². The van der Waals surface area contributed by atoms with Crippen molar-refractivity contribution in [1.82, 2.24) is 5.32 Å². The van der Waals surface area contributed by atoms with Gasteiger partial charge in [-0.05, 0) is 47.8 Å². The molecule has 0 aromatic heterocycles. The Morgan fingerprint density at radius 1 is 1.33 bits per heavy atom. The zero-order valence-electron chi connectivity index (χ0n) is 12.5. The highest BCUT2D eigenvalue weighted by Crippen LogP contribution is 2.26. The second-order valence-corrected chi connectivity index (χ2v) is 8.36. The number of hydrogen-bond donors (Lipinski definition) is 1. The first-order valence-electron chi connectivity index (χ1n) is 7.29. The summed E-state index contributed by atoms with van der Waals surface area (Å²) in [5.74, 6) is 0.0406. The van der Waals surface area contributed by atoms with Crippen LogP contribution in [0.4, 0.5) is 4.39 Å². The molecule has 21 heavy (non-hydrogen) atoms. The van der Waals surface area contributed by atoms with E-state index in [9.17, 15) is 12.8 Å². The first-order valence-corrected chi connectivity index (χ1v) is 9.90. The van der Waals surface area contributed by atoms with Crippen molar-refractivity contribution in [3.63, 3.8) is 0 Å². The van der Waals surface area contributed by atoms with E-state index in [1.165, 1.54) is 0 Å². The first-order chi connectivity index (χ1) is 9.91. The van der Waals surface area contributed by atoms with Crippen molar-refractivity contribution < 1.29 is 12.8 Å². The van der Waals surface area contributed by atoms with Crippen molar-refractivity contribution in [2.24, 2.45) is 0 Å². The summed E-state index contributed by atoms with van der Waals surface area (Å²) in [6.07, 6.45) is 2.08. The maximum absolute atomic E-state index is 14.2. The smallest absolute Gasteiger partial charge is 0.150 e.